The minimum Gasteiger partial charge on any atom is -0.461 e. The highest BCUT2D eigenvalue weighted by molar-refractivity contribution is 6.31. The third kappa shape index (κ3) is 1.87. The summed E-state index contributed by atoms with van der Waals surface area (Å²) in [4.78, 5) is 0. The van der Waals surface area contributed by atoms with Gasteiger partial charge in [-0.25, -0.2) is 8.78 Å². The number of hydrogen-bond donors (Lipinski definition) is 0. The normalized spacial score (nSPS) is 11.4. The first-order valence-corrected chi connectivity index (χ1v) is 4.49. The first-order valence-electron chi connectivity index (χ1n) is 4.11. The van der Waals surface area contributed by atoms with Crippen LogP contribution in [0.5, 0.6) is 0 Å². The Labute approximate surface area is 84.3 Å². The van der Waals surface area contributed by atoms with Gasteiger partial charge in [0.05, 0.1) is 6.42 Å². The topological polar surface area (TPSA) is 13.1 Å². The zero-order chi connectivity index (χ0) is 10.1. The Hall–Kier alpha value is -1.09. The first-order chi connectivity index (χ1) is 6.65. The number of benzene rings is 1. The number of fused-ring (bicyclic) bond motifs is 1. The van der Waals surface area contributed by atoms with Crippen molar-refractivity contribution < 1.29 is 13.2 Å². The van der Waals surface area contributed by atoms with Crippen molar-refractivity contribution in [2.24, 2.45) is 0 Å². The van der Waals surface area contributed by atoms with Crippen molar-refractivity contribution in [2.45, 2.75) is 12.8 Å². The molecule has 1 nitrogen and oxygen atoms in total. The van der Waals surface area contributed by atoms with Gasteiger partial charge < -0.3 is 4.42 Å². The molecule has 0 aliphatic heterocycles. The van der Waals surface area contributed by atoms with Gasteiger partial charge in [0, 0.05) is 10.4 Å². The Morgan fingerprint density at radius 1 is 1.29 bits per heavy atom. The molecule has 2 rings (SSSR count). The van der Waals surface area contributed by atoms with Gasteiger partial charge in [0.15, 0.2) is 0 Å². The molecule has 0 radical (unpaired) electrons. The predicted molar refractivity (Wildman–Crippen MR) is 50.9 cm³/mol. The van der Waals surface area contributed by atoms with Crippen LogP contribution in [0.2, 0.25) is 5.02 Å². The molecule has 2 aromatic rings. The predicted octanol–water partition coefficient (Wildman–Crippen LogP) is 3.89. The maximum atomic E-state index is 12.0. The maximum Gasteiger partial charge on any atom is 0.245 e. The van der Waals surface area contributed by atoms with Gasteiger partial charge in [-0.15, -0.1) is 0 Å². The summed E-state index contributed by atoms with van der Waals surface area (Å²) in [6.07, 6.45) is -2.74. The van der Waals surface area contributed by atoms with Crippen molar-refractivity contribution in [1.29, 1.82) is 0 Å². The third-order valence-electron chi connectivity index (χ3n) is 1.88. The fourth-order valence-electron chi connectivity index (χ4n) is 1.32. The standard InChI is InChI=1S/C10H7ClF2O/c11-7-1-2-9-6(3-7)4-8(14-9)5-10(12)13/h1-4,10H,5H2. The van der Waals surface area contributed by atoms with Gasteiger partial charge in [0.1, 0.15) is 11.3 Å². The average Bonchev–Trinajstić information content (AvgIpc) is 2.44. The molecule has 0 spiro atoms. The van der Waals surface area contributed by atoms with E-state index < -0.39 is 6.43 Å². The lowest BCUT2D eigenvalue weighted by Gasteiger charge is -1.92. The first kappa shape index (κ1) is 9.46. The van der Waals surface area contributed by atoms with Crippen LogP contribution < -0.4 is 0 Å². The van der Waals surface area contributed by atoms with Crippen LogP contribution in [0, 0.1) is 0 Å². The molecular formula is C10H7ClF2O. The molecule has 1 heterocycles. The van der Waals surface area contributed by atoms with Crippen molar-refractivity contribution in [3.05, 3.63) is 35.0 Å². The van der Waals surface area contributed by atoms with E-state index in [0.717, 1.165) is 5.39 Å². The summed E-state index contributed by atoms with van der Waals surface area (Å²) >= 11 is 5.74. The summed E-state index contributed by atoms with van der Waals surface area (Å²) in [5.41, 5.74) is 0.588. The summed E-state index contributed by atoms with van der Waals surface area (Å²) in [6.45, 7) is 0. The van der Waals surface area contributed by atoms with Crippen LogP contribution in [0.3, 0.4) is 0 Å². The quantitative estimate of drug-likeness (QED) is 0.742. The van der Waals surface area contributed by atoms with Gasteiger partial charge in [0.2, 0.25) is 6.43 Å². The van der Waals surface area contributed by atoms with Crippen LogP contribution in [-0.2, 0) is 6.42 Å². The van der Waals surface area contributed by atoms with Crippen LogP contribution in [0.15, 0.2) is 28.7 Å². The highest BCUT2D eigenvalue weighted by atomic mass is 35.5. The summed E-state index contributed by atoms with van der Waals surface area (Å²) in [6, 6.07) is 6.62. The molecule has 0 saturated heterocycles. The van der Waals surface area contributed by atoms with Crippen LogP contribution in [-0.4, -0.2) is 6.43 Å². The molecule has 0 unspecified atom stereocenters. The van der Waals surface area contributed by atoms with E-state index in [9.17, 15) is 8.78 Å². The van der Waals surface area contributed by atoms with Crippen molar-refractivity contribution in [3.63, 3.8) is 0 Å². The van der Waals surface area contributed by atoms with Gasteiger partial charge in [-0.05, 0) is 24.3 Å². The molecule has 4 heteroatoms. The molecule has 0 aliphatic carbocycles. The fraction of sp³-hybridized carbons (Fsp3) is 0.200. The summed E-state index contributed by atoms with van der Waals surface area (Å²) in [5, 5.41) is 1.33. The SMILES string of the molecule is FC(F)Cc1cc2cc(Cl)ccc2o1. The number of furan rings is 1. The Kier molecular flexibility index (Phi) is 2.42. The lowest BCUT2D eigenvalue weighted by Crippen LogP contribution is -1.93. The summed E-state index contributed by atoms with van der Waals surface area (Å²) in [7, 11) is 0. The van der Waals surface area contributed by atoms with E-state index in [0.29, 0.717) is 10.6 Å². The third-order valence-corrected chi connectivity index (χ3v) is 2.12. The van der Waals surface area contributed by atoms with Crippen molar-refractivity contribution in [3.8, 4) is 0 Å². The van der Waals surface area contributed by atoms with Crippen LogP contribution >= 0.6 is 11.6 Å². The van der Waals surface area contributed by atoms with Crippen molar-refractivity contribution in [2.75, 3.05) is 0 Å². The van der Waals surface area contributed by atoms with E-state index in [1.54, 1.807) is 24.3 Å². The second-order valence-electron chi connectivity index (χ2n) is 2.99. The average molecular weight is 217 g/mol. The van der Waals surface area contributed by atoms with E-state index in [1.165, 1.54) is 0 Å². The van der Waals surface area contributed by atoms with E-state index in [1.807, 2.05) is 0 Å². The zero-order valence-corrected chi connectivity index (χ0v) is 7.89. The van der Waals surface area contributed by atoms with E-state index in [4.69, 9.17) is 16.0 Å². The Bertz CT molecular complexity index is 450. The molecular weight excluding hydrogens is 210 g/mol. The second-order valence-corrected chi connectivity index (χ2v) is 3.43. The molecule has 74 valence electrons. The lowest BCUT2D eigenvalue weighted by molar-refractivity contribution is 0.142. The fourth-order valence-corrected chi connectivity index (χ4v) is 1.50. The molecule has 0 bridgehead atoms. The lowest BCUT2D eigenvalue weighted by atomic mass is 10.2. The molecule has 0 N–H and O–H groups in total. The molecule has 0 aliphatic rings. The Balaban J connectivity index is 2.41. The van der Waals surface area contributed by atoms with Gasteiger partial charge in [-0.3, -0.25) is 0 Å². The zero-order valence-electron chi connectivity index (χ0n) is 7.14. The van der Waals surface area contributed by atoms with Crippen molar-refractivity contribution >= 4 is 22.6 Å². The van der Waals surface area contributed by atoms with Gasteiger partial charge in [-0.2, -0.15) is 0 Å². The number of halogens is 3. The number of hydrogen-bond acceptors (Lipinski definition) is 1. The number of rotatable bonds is 2. The molecule has 14 heavy (non-hydrogen) atoms. The van der Waals surface area contributed by atoms with Crippen LogP contribution in [0.25, 0.3) is 11.0 Å². The highest BCUT2D eigenvalue weighted by Crippen LogP contribution is 2.24. The molecule has 1 aromatic carbocycles. The minimum absolute atomic E-state index is 0.289. The second kappa shape index (κ2) is 3.58. The van der Waals surface area contributed by atoms with E-state index in [-0.39, 0.29) is 12.2 Å². The Morgan fingerprint density at radius 2 is 2.07 bits per heavy atom. The molecule has 0 atom stereocenters. The van der Waals surface area contributed by atoms with Crippen LogP contribution in [0.4, 0.5) is 8.78 Å². The summed E-state index contributed by atoms with van der Waals surface area (Å²) in [5.74, 6) is 0.289. The largest absolute Gasteiger partial charge is 0.461 e. The van der Waals surface area contributed by atoms with Gasteiger partial charge >= 0.3 is 0 Å². The smallest absolute Gasteiger partial charge is 0.245 e. The summed E-state index contributed by atoms with van der Waals surface area (Å²) < 4.78 is 29.3. The number of alkyl halides is 2. The van der Waals surface area contributed by atoms with Gasteiger partial charge in [0.25, 0.3) is 0 Å². The molecule has 0 amide bonds. The van der Waals surface area contributed by atoms with E-state index >= 15 is 0 Å². The van der Waals surface area contributed by atoms with E-state index in [2.05, 4.69) is 0 Å². The molecule has 1 aromatic heterocycles. The van der Waals surface area contributed by atoms with Crippen molar-refractivity contribution in [1.82, 2.24) is 0 Å². The molecule has 0 saturated carbocycles. The Morgan fingerprint density at radius 3 is 2.79 bits per heavy atom. The minimum atomic E-state index is -2.38. The monoisotopic (exact) mass is 216 g/mol. The van der Waals surface area contributed by atoms with Crippen LogP contribution in [0.1, 0.15) is 5.76 Å². The van der Waals surface area contributed by atoms with Gasteiger partial charge in [-0.1, -0.05) is 11.6 Å². The molecule has 0 fully saturated rings. The highest BCUT2D eigenvalue weighted by Gasteiger charge is 2.09. The maximum absolute atomic E-state index is 12.0.